The maximum absolute atomic E-state index is 13.0. The molecule has 2 nitrogen and oxygen atoms in total. The molecule has 1 amide bonds. The molecule has 1 N–H and O–H groups in total. The molecule has 0 saturated carbocycles. The lowest BCUT2D eigenvalue weighted by atomic mass is 9.83. The Morgan fingerprint density at radius 3 is 2.35 bits per heavy atom. The molecule has 0 heterocycles. The molecule has 2 rings (SSSR count). The summed E-state index contributed by atoms with van der Waals surface area (Å²) in [6, 6.07) is 4.39. The second kappa shape index (κ2) is 6.06. The van der Waals surface area contributed by atoms with Gasteiger partial charge >= 0.3 is 0 Å². The van der Waals surface area contributed by atoms with E-state index >= 15 is 0 Å². The van der Waals surface area contributed by atoms with E-state index in [4.69, 9.17) is 0 Å². The summed E-state index contributed by atoms with van der Waals surface area (Å²) < 4.78 is 0. The minimum Gasteiger partial charge on any atom is -0.381 e. The summed E-state index contributed by atoms with van der Waals surface area (Å²) >= 11 is 0. The fourth-order valence-corrected chi connectivity index (χ4v) is 4.77. The highest BCUT2D eigenvalue weighted by atomic mass is 29.2. The Bertz CT molecular complexity index is 667. The predicted octanol–water partition coefficient (Wildman–Crippen LogP) is 4.71. The minimum absolute atomic E-state index is 0.0474. The average molecular weight is 345 g/mol. The molecule has 4 heteroatoms. The van der Waals surface area contributed by atoms with Crippen molar-refractivity contribution in [2.75, 3.05) is 0 Å². The van der Waals surface area contributed by atoms with Gasteiger partial charge in [0.15, 0.2) is 0 Å². The lowest BCUT2D eigenvalue weighted by molar-refractivity contribution is 0.0978. The van der Waals surface area contributed by atoms with Gasteiger partial charge in [0.2, 0.25) is 5.91 Å². The first kappa shape index (κ1) is 18.2. The number of hydrogen-bond acceptors (Lipinski definition) is 1. The summed E-state index contributed by atoms with van der Waals surface area (Å²) in [4.78, 5) is 16.4. The van der Waals surface area contributed by atoms with Crippen molar-refractivity contribution in [2.45, 2.75) is 65.7 Å². The Balaban J connectivity index is 2.47. The van der Waals surface area contributed by atoms with Crippen LogP contribution in [0.2, 0.25) is 26.2 Å². The first-order chi connectivity index (χ1) is 10.4. The van der Waals surface area contributed by atoms with Crippen LogP contribution < -0.4 is 4.98 Å². The number of nitrogens with one attached hydrogen (secondary N) is 1. The third-order valence-corrected chi connectivity index (χ3v) is 16.2. The molecule has 0 aromatic heterocycles. The Labute approximate surface area is 143 Å². The van der Waals surface area contributed by atoms with Gasteiger partial charge in [-0.2, -0.15) is 0 Å². The highest BCUT2D eigenvalue weighted by Crippen LogP contribution is 2.33. The molecule has 0 bridgehead atoms. The van der Waals surface area contributed by atoms with E-state index in [0.29, 0.717) is 0 Å². The van der Waals surface area contributed by atoms with Gasteiger partial charge in [-0.05, 0) is 41.5 Å². The summed E-state index contributed by atoms with van der Waals surface area (Å²) in [5.41, 5.74) is 5.96. The van der Waals surface area contributed by atoms with Gasteiger partial charge in [0.25, 0.3) is 0 Å². The van der Waals surface area contributed by atoms with E-state index in [1.807, 2.05) is 0 Å². The van der Waals surface area contributed by atoms with Gasteiger partial charge in [-0.25, -0.2) is 0 Å². The van der Waals surface area contributed by atoms with Gasteiger partial charge < -0.3 is 4.98 Å². The van der Waals surface area contributed by atoms with Crippen molar-refractivity contribution in [3.63, 3.8) is 0 Å². The molecule has 0 spiro atoms. The summed E-state index contributed by atoms with van der Waals surface area (Å²) in [5.74, 6) is 0.137. The van der Waals surface area contributed by atoms with Gasteiger partial charge in [-0.3, -0.25) is 4.79 Å². The Hall–Kier alpha value is -1.14. The predicted molar refractivity (Wildman–Crippen MR) is 105 cm³/mol. The van der Waals surface area contributed by atoms with Crippen LogP contribution in [0.3, 0.4) is 0 Å². The summed E-state index contributed by atoms with van der Waals surface area (Å²) in [7, 11) is -2.14. The van der Waals surface area contributed by atoms with Crippen molar-refractivity contribution in [1.82, 2.24) is 4.98 Å². The lowest BCUT2D eigenvalue weighted by Crippen LogP contribution is -2.57. The van der Waals surface area contributed by atoms with Gasteiger partial charge in [-0.1, -0.05) is 64.7 Å². The maximum atomic E-state index is 13.0. The molecule has 1 radical (unpaired) electrons. The molecule has 0 fully saturated rings. The molecule has 0 aliphatic heterocycles. The Kier molecular flexibility index (Phi) is 4.80. The topological polar surface area (TPSA) is 29.1 Å². The zero-order chi connectivity index (χ0) is 17.6. The van der Waals surface area contributed by atoms with Crippen LogP contribution in [-0.4, -0.2) is 22.0 Å². The maximum Gasteiger partial charge on any atom is 0.243 e. The third kappa shape index (κ3) is 3.86. The molecule has 1 aromatic carbocycles. The highest BCUT2D eigenvalue weighted by Gasteiger charge is 2.31. The number of benzene rings is 1. The smallest absolute Gasteiger partial charge is 0.243 e. The van der Waals surface area contributed by atoms with Gasteiger partial charge in [0, 0.05) is 5.56 Å². The monoisotopic (exact) mass is 344 g/mol. The van der Waals surface area contributed by atoms with E-state index < -0.39 is 16.1 Å². The number of fused-ring (bicyclic) bond motifs is 1. The van der Waals surface area contributed by atoms with Crippen LogP contribution in [0, 0.1) is 0 Å². The number of rotatable bonds is 3. The van der Waals surface area contributed by atoms with E-state index in [0.717, 1.165) is 12.0 Å². The van der Waals surface area contributed by atoms with Crippen molar-refractivity contribution in [2.24, 2.45) is 0 Å². The number of hydrogen-bond donors (Lipinski definition) is 1. The van der Waals surface area contributed by atoms with E-state index in [9.17, 15) is 4.79 Å². The summed E-state index contributed by atoms with van der Waals surface area (Å²) in [5, 5.41) is 0. The van der Waals surface area contributed by atoms with Crippen LogP contribution in [0.15, 0.2) is 17.7 Å². The zero-order valence-electron chi connectivity index (χ0n) is 15.8. The van der Waals surface area contributed by atoms with Crippen LogP contribution in [-0.2, 0) is 11.8 Å². The van der Waals surface area contributed by atoms with Crippen molar-refractivity contribution in [3.05, 3.63) is 40.0 Å². The number of carbonyl (C=O) groups is 1. The second-order valence-electron chi connectivity index (χ2n) is 8.59. The van der Waals surface area contributed by atoms with Gasteiger partial charge in [-0.15, -0.1) is 0 Å². The lowest BCUT2D eigenvalue weighted by Gasteiger charge is -2.28. The minimum atomic E-state index is -1.65. The van der Waals surface area contributed by atoms with Crippen LogP contribution in [0.4, 0.5) is 0 Å². The average Bonchev–Trinajstić information content (AvgIpc) is 2.75. The molecule has 23 heavy (non-hydrogen) atoms. The van der Waals surface area contributed by atoms with E-state index in [-0.39, 0.29) is 11.3 Å². The van der Waals surface area contributed by atoms with Crippen molar-refractivity contribution >= 4 is 28.1 Å². The van der Waals surface area contributed by atoms with Crippen molar-refractivity contribution < 1.29 is 4.79 Å². The molecule has 0 atom stereocenters. The number of allylic oxidation sites excluding steroid dienone is 1. The molecular formula is C19H30NOSi2. The number of amides is 1. The fourth-order valence-electron chi connectivity index (χ4n) is 2.73. The van der Waals surface area contributed by atoms with Gasteiger partial charge in [0.1, 0.15) is 7.75 Å². The second-order valence-corrected chi connectivity index (χ2v) is 20.8. The molecule has 0 unspecified atom stereocenters. The van der Waals surface area contributed by atoms with Crippen molar-refractivity contribution in [3.8, 4) is 0 Å². The Morgan fingerprint density at radius 1 is 1.22 bits per heavy atom. The molecule has 1 aromatic rings. The van der Waals surface area contributed by atoms with Crippen LogP contribution in [0.5, 0.6) is 0 Å². The fraction of sp³-hybridized carbons (Fsp3) is 0.526. The molecule has 0 saturated heterocycles. The first-order valence-electron chi connectivity index (χ1n) is 8.39. The normalized spacial score (nSPS) is 14.7. The van der Waals surface area contributed by atoms with E-state index in [2.05, 4.69) is 77.1 Å². The molecule has 125 valence electrons. The highest BCUT2D eigenvalue weighted by molar-refractivity contribution is 7.30. The van der Waals surface area contributed by atoms with Gasteiger partial charge in [0.05, 0.1) is 8.31 Å². The third-order valence-electron chi connectivity index (χ3n) is 4.93. The molecular weight excluding hydrogens is 314 g/mol. The standard InChI is InChI=1S/C19H30NOSi2/c1-13-9-14-11-15(19(2,3)4)12-17(16(14)10-13)18(21)20-23(7,8)22(5)6/h9,11-12H,10H2,1-8H3,(H,20,21). The van der Waals surface area contributed by atoms with Crippen LogP contribution >= 0.6 is 0 Å². The Morgan fingerprint density at radius 2 is 1.83 bits per heavy atom. The molecule has 1 aliphatic carbocycles. The van der Waals surface area contributed by atoms with Crippen LogP contribution in [0.25, 0.3) is 6.08 Å². The summed E-state index contributed by atoms with van der Waals surface area (Å²) in [6.45, 7) is 17.9. The molecule has 1 aliphatic rings. The quantitative estimate of drug-likeness (QED) is 0.790. The van der Waals surface area contributed by atoms with Crippen LogP contribution in [0.1, 0.15) is 54.7 Å². The SMILES string of the molecule is CC1=Cc2cc(C(C)(C)C)cc(C(=O)N[Si](C)(C)[Si](C)C)c2C1. The van der Waals surface area contributed by atoms with Crippen molar-refractivity contribution in [1.29, 1.82) is 0 Å². The number of carbonyl (C=O) groups excluding carboxylic acids is 1. The first-order valence-corrected chi connectivity index (χ1v) is 14.9. The zero-order valence-corrected chi connectivity index (χ0v) is 17.8. The van der Waals surface area contributed by atoms with E-state index in [1.54, 1.807) is 0 Å². The largest absolute Gasteiger partial charge is 0.381 e. The summed E-state index contributed by atoms with van der Waals surface area (Å²) in [6.07, 6.45) is 3.14. The van der Waals surface area contributed by atoms with E-state index in [1.165, 1.54) is 22.3 Å².